The quantitative estimate of drug-likeness (QED) is 0.130. The lowest BCUT2D eigenvalue weighted by Gasteiger charge is -2.12. The van der Waals surface area contributed by atoms with Crippen LogP contribution in [0, 0.1) is 0 Å². The smallest absolute Gasteiger partial charge is 0.242 e. The molecular formula is C108H60N24S3. The van der Waals surface area contributed by atoms with Gasteiger partial charge in [-0.05, 0) is 176 Å². The molecule has 0 aliphatic carbocycles. The van der Waals surface area contributed by atoms with Crippen LogP contribution < -0.4 is 0 Å². The SMILES string of the molecule is c1ccc2c(c1)sc1c(-c3nc(-n4c5ccccc5c5cccnc54)nc(-n4c5ncccc5c5cccnc54)n3)cccc12.c1ccc2c(c1)sc1ccc(-c3nc(-n4c5ccccc5c5cccnc54)nc(-n4c5ncccc5c5cccnc54)n3)cc12.c1ccc2c(c1)sc1cccc(-c3nc(-n4c5ccccc5c5cccnc54)nc(-n4c5ncccc5c5cccnc54)n3)c12. The van der Waals surface area contributed by atoms with Gasteiger partial charge >= 0.3 is 0 Å². The number of rotatable bonds is 9. The number of benzene rings is 9. The Balaban J connectivity index is 0.000000101. The van der Waals surface area contributed by atoms with E-state index in [1.807, 2.05) is 118 Å². The number of hydrogen-bond acceptors (Lipinski definition) is 21. The number of fused-ring (bicyclic) bond motifs is 27. The van der Waals surface area contributed by atoms with Crippen LogP contribution in [0.3, 0.4) is 0 Å². The van der Waals surface area contributed by atoms with Gasteiger partial charge in [-0.25, -0.2) is 58.6 Å². The van der Waals surface area contributed by atoms with Gasteiger partial charge in [-0.15, -0.1) is 34.0 Å². The van der Waals surface area contributed by atoms with Gasteiger partial charge in [0.15, 0.2) is 17.5 Å². The lowest BCUT2D eigenvalue weighted by Crippen LogP contribution is -2.11. The molecular weight excluding hydrogens is 1730 g/mol. The summed E-state index contributed by atoms with van der Waals surface area (Å²) < 4.78 is 19.1. The van der Waals surface area contributed by atoms with Gasteiger partial charge in [-0.3, -0.25) is 13.7 Å². The van der Waals surface area contributed by atoms with Crippen molar-refractivity contribution in [1.29, 1.82) is 0 Å². The van der Waals surface area contributed by atoms with Crippen molar-refractivity contribution in [3.05, 3.63) is 365 Å². The average molecular weight is 1790 g/mol. The van der Waals surface area contributed by atoms with E-state index < -0.39 is 0 Å². The van der Waals surface area contributed by atoms with Crippen LogP contribution >= 0.6 is 34.0 Å². The fraction of sp³-hybridized carbons (Fsp3) is 0. The first-order valence-electron chi connectivity index (χ1n) is 43.6. The van der Waals surface area contributed by atoms with Crippen molar-refractivity contribution in [2.45, 2.75) is 0 Å². The van der Waals surface area contributed by atoms with Gasteiger partial charge in [0.1, 0.15) is 50.8 Å². The van der Waals surface area contributed by atoms with Crippen LogP contribution in [-0.2, 0) is 0 Å². The first kappa shape index (κ1) is 75.8. The van der Waals surface area contributed by atoms with Crippen molar-refractivity contribution in [2.75, 3.05) is 0 Å². The number of hydrogen-bond donors (Lipinski definition) is 0. The maximum absolute atomic E-state index is 5.20. The average Bonchev–Trinajstić information content (AvgIpc) is 1.58. The summed E-state index contributed by atoms with van der Waals surface area (Å²) in [5.41, 5.74) is 12.4. The predicted molar refractivity (Wildman–Crippen MR) is 541 cm³/mol. The summed E-state index contributed by atoms with van der Waals surface area (Å²) in [6.45, 7) is 0. The van der Waals surface area contributed by atoms with Gasteiger partial charge in [-0.2, -0.15) is 44.9 Å². The van der Waals surface area contributed by atoms with E-state index >= 15 is 0 Å². The fourth-order valence-corrected chi connectivity index (χ4v) is 22.8. The first-order valence-corrected chi connectivity index (χ1v) is 46.1. The molecule has 0 spiro atoms. The highest BCUT2D eigenvalue weighted by atomic mass is 32.1. The summed E-state index contributed by atoms with van der Waals surface area (Å²) in [6.07, 6.45) is 16.1. The molecule has 630 valence electrons. The minimum Gasteiger partial charge on any atom is -0.262 e. The lowest BCUT2D eigenvalue weighted by atomic mass is 10.1. The van der Waals surface area contributed by atoms with E-state index in [0.29, 0.717) is 53.2 Å². The third-order valence-corrected chi connectivity index (χ3v) is 28.6. The predicted octanol–water partition coefficient (Wildman–Crippen LogP) is 24.9. The molecule has 30 rings (SSSR count). The van der Waals surface area contributed by atoms with Crippen LogP contribution in [-0.4, -0.2) is 117 Å². The second-order valence-electron chi connectivity index (χ2n) is 32.6. The van der Waals surface area contributed by atoms with E-state index in [0.717, 1.165) is 159 Å². The molecule has 0 unspecified atom stereocenters. The zero-order chi connectivity index (χ0) is 88.5. The molecule has 0 fully saturated rings. The molecule has 9 aromatic carbocycles. The van der Waals surface area contributed by atoms with Crippen molar-refractivity contribution in [3.63, 3.8) is 0 Å². The summed E-state index contributed by atoms with van der Waals surface area (Å²) >= 11 is 5.31. The van der Waals surface area contributed by atoms with E-state index in [2.05, 4.69) is 218 Å². The second-order valence-corrected chi connectivity index (χ2v) is 35.8. The Morgan fingerprint density at radius 1 is 0.170 bits per heavy atom. The molecule has 21 aromatic heterocycles. The topological polar surface area (TPSA) is 262 Å². The van der Waals surface area contributed by atoms with Crippen molar-refractivity contribution in [3.8, 4) is 69.9 Å². The largest absolute Gasteiger partial charge is 0.262 e. The summed E-state index contributed by atoms with van der Waals surface area (Å²) in [6, 6.07) is 105. The van der Waals surface area contributed by atoms with Crippen LogP contribution in [0.2, 0.25) is 0 Å². The summed E-state index contributed by atoms with van der Waals surface area (Å²) in [4.78, 5) is 89.5. The monoisotopic (exact) mass is 1790 g/mol. The summed E-state index contributed by atoms with van der Waals surface area (Å²) in [7, 11) is 0. The van der Waals surface area contributed by atoms with E-state index in [4.69, 9.17) is 89.7 Å². The van der Waals surface area contributed by atoms with Gasteiger partial charge in [-0.1, -0.05) is 133 Å². The maximum Gasteiger partial charge on any atom is 0.242 e. The van der Waals surface area contributed by atoms with Crippen LogP contribution in [0.5, 0.6) is 0 Å². The minimum absolute atomic E-state index is 0.435. The molecule has 27 heteroatoms. The Morgan fingerprint density at radius 2 is 0.437 bits per heavy atom. The maximum atomic E-state index is 5.20. The molecule has 0 N–H and O–H groups in total. The number of pyridine rings is 9. The number of aromatic nitrogens is 24. The van der Waals surface area contributed by atoms with E-state index in [-0.39, 0.29) is 0 Å². The van der Waals surface area contributed by atoms with Crippen LogP contribution in [0.4, 0.5) is 0 Å². The van der Waals surface area contributed by atoms with Crippen molar-refractivity contribution in [1.82, 2.24) is 117 Å². The standard InChI is InChI=1S/3C36H20N8S/c1-3-15-27-21(9-1)22-12-6-18-37-32(22)43(27)35-40-31(26-11-5-17-29-30(26)25-10-2-4-16-28(25)45-29)41-36(42-35)44-33-23(13-7-19-38-33)24-14-8-20-39-34(24)44;1-3-16-28-21(9-1)24-13-6-18-37-32(24)43(28)35-40-31(27-12-5-11-23-22-10-2-4-17-29(22)45-30(23)27)41-36(42-35)44-33-25(14-7-19-38-33)26-15-8-20-39-34(26)44;1-3-13-28-22(8-1)24-10-5-17-37-32(24)43(28)35-40-31(21-15-16-30-27(20-21)23-9-2-4-14-29(23)45-30)41-36(42-35)44-33-25(11-6-18-38-33)26-12-7-19-39-34(26)44/h3*1-20H. The summed E-state index contributed by atoms with van der Waals surface area (Å²) in [5, 5.41) is 19.3. The highest BCUT2D eigenvalue weighted by Crippen LogP contribution is 2.45. The normalized spacial score (nSPS) is 12.0. The first-order chi connectivity index (χ1) is 67.0. The van der Waals surface area contributed by atoms with Gasteiger partial charge in [0.25, 0.3) is 0 Å². The molecule has 0 saturated carbocycles. The van der Waals surface area contributed by atoms with Crippen LogP contribution in [0.25, 0.3) is 262 Å². The Morgan fingerprint density at radius 3 is 0.844 bits per heavy atom. The molecule has 0 saturated heterocycles. The molecule has 135 heavy (non-hydrogen) atoms. The van der Waals surface area contributed by atoms with Gasteiger partial charge in [0.05, 0.1) is 16.6 Å². The number of para-hydroxylation sites is 3. The van der Waals surface area contributed by atoms with Crippen molar-refractivity contribution in [2.24, 2.45) is 0 Å². The number of thiophene rings is 3. The summed E-state index contributed by atoms with van der Waals surface area (Å²) in [5.74, 6) is 4.40. The lowest BCUT2D eigenvalue weighted by molar-refractivity contribution is 0.879. The zero-order valence-electron chi connectivity index (χ0n) is 70.6. The van der Waals surface area contributed by atoms with E-state index in [1.165, 1.54) is 50.4 Å². The van der Waals surface area contributed by atoms with E-state index in [9.17, 15) is 0 Å². The highest BCUT2D eigenvalue weighted by molar-refractivity contribution is 7.27. The Labute approximate surface area is 773 Å². The Hall–Kier alpha value is -18.2. The molecule has 0 radical (unpaired) electrons. The number of nitrogens with zero attached hydrogens (tertiary/aromatic N) is 24. The molecule has 0 atom stereocenters. The van der Waals surface area contributed by atoms with Crippen molar-refractivity contribution < 1.29 is 0 Å². The second kappa shape index (κ2) is 30.2. The molecule has 0 bridgehead atoms. The zero-order valence-corrected chi connectivity index (χ0v) is 73.0. The molecule has 0 amide bonds. The molecule has 24 nitrogen and oxygen atoms in total. The van der Waals surface area contributed by atoms with Gasteiger partial charge in [0.2, 0.25) is 35.7 Å². The van der Waals surface area contributed by atoms with Crippen LogP contribution in [0.1, 0.15) is 0 Å². The third kappa shape index (κ3) is 11.9. The molecule has 30 aromatic rings. The van der Waals surface area contributed by atoms with Crippen LogP contribution in [0.15, 0.2) is 365 Å². The molecule has 0 aliphatic rings. The van der Waals surface area contributed by atoms with Gasteiger partial charge in [0, 0.05) is 198 Å². The van der Waals surface area contributed by atoms with E-state index in [1.54, 1.807) is 89.8 Å². The minimum atomic E-state index is 0.435. The molecule has 0 aliphatic heterocycles. The van der Waals surface area contributed by atoms with Crippen molar-refractivity contribution >= 4 is 227 Å². The third-order valence-electron chi connectivity index (χ3n) is 25.1. The fourth-order valence-electron chi connectivity index (χ4n) is 19.4. The molecule has 21 heterocycles. The highest BCUT2D eigenvalue weighted by Gasteiger charge is 2.29. The Bertz CT molecular complexity index is 9470. The Kier molecular flexibility index (Phi) is 17.0. The van der Waals surface area contributed by atoms with Gasteiger partial charge < -0.3 is 0 Å².